The second kappa shape index (κ2) is 15.5. The molecule has 0 spiro atoms. The van der Waals surface area contributed by atoms with Crippen LogP contribution in [0.2, 0.25) is 0 Å². The van der Waals surface area contributed by atoms with Gasteiger partial charge >= 0.3 is 0 Å². The summed E-state index contributed by atoms with van der Waals surface area (Å²) < 4.78 is 0. The van der Waals surface area contributed by atoms with Gasteiger partial charge in [0.2, 0.25) is 0 Å². The van der Waals surface area contributed by atoms with E-state index in [1.165, 1.54) is 16.7 Å². The van der Waals surface area contributed by atoms with E-state index in [0.29, 0.717) is 12.2 Å². The highest BCUT2D eigenvalue weighted by Crippen LogP contribution is 2.14. The molecule has 0 fully saturated rings. The van der Waals surface area contributed by atoms with Crippen molar-refractivity contribution in [2.75, 3.05) is 0 Å². The molecule has 1 atom stereocenters. The lowest BCUT2D eigenvalue weighted by Gasteiger charge is -2.03. The van der Waals surface area contributed by atoms with Crippen LogP contribution < -0.4 is 0 Å². The van der Waals surface area contributed by atoms with Gasteiger partial charge in [-0.25, -0.2) is 0 Å². The van der Waals surface area contributed by atoms with Crippen LogP contribution in [0.1, 0.15) is 92.9 Å². The van der Waals surface area contributed by atoms with E-state index in [0.717, 1.165) is 50.5 Å². The summed E-state index contributed by atoms with van der Waals surface area (Å²) in [6, 6.07) is 0. The van der Waals surface area contributed by atoms with Gasteiger partial charge in [0.05, 0.1) is 11.9 Å². The van der Waals surface area contributed by atoms with Crippen LogP contribution in [0.15, 0.2) is 58.4 Å². The fraction of sp³-hybridized carbons (Fsp3) is 0.600. The maximum atomic E-state index is 9.98. The van der Waals surface area contributed by atoms with Gasteiger partial charge in [0.15, 0.2) is 0 Å². The van der Waals surface area contributed by atoms with Crippen molar-refractivity contribution in [3.05, 3.63) is 58.4 Å². The fourth-order valence-corrected chi connectivity index (χ4v) is 2.87. The fourth-order valence-electron chi connectivity index (χ4n) is 2.87. The summed E-state index contributed by atoms with van der Waals surface area (Å²) in [5.41, 5.74) is 5.42. The third-order valence-corrected chi connectivity index (χ3v) is 4.46. The summed E-state index contributed by atoms with van der Waals surface area (Å²) >= 11 is 0. The molecule has 1 unspecified atom stereocenters. The Labute approximate surface area is 168 Å². The molecule has 2 heteroatoms. The predicted molar refractivity (Wildman–Crippen MR) is 120 cm³/mol. The number of rotatable bonds is 13. The molecule has 0 aliphatic carbocycles. The first kappa shape index (κ1) is 25.5. The molecule has 2 N–H and O–H groups in total. The average molecular weight is 375 g/mol. The maximum Gasteiger partial charge on any atom is 0.0886 e. The third kappa shape index (κ3) is 17.6. The van der Waals surface area contributed by atoms with E-state index in [1.807, 2.05) is 19.1 Å². The number of aliphatic hydroxyl groups is 2. The number of hydrogen-bond acceptors (Lipinski definition) is 2. The second-order valence-corrected chi connectivity index (χ2v) is 7.99. The highest BCUT2D eigenvalue weighted by atomic mass is 16.3. The van der Waals surface area contributed by atoms with E-state index >= 15 is 0 Å². The topological polar surface area (TPSA) is 40.5 Å². The Kier molecular flexibility index (Phi) is 14.6. The van der Waals surface area contributed by atoms with Gasteiger partial charge in [-0.3, -0.25) is 0 Å². The minimum absolute atomic E-state index is 0.397. The largest absolute Gasteiger partial charge is 0.513 e. The normalized spacial score (nSPS) is 15.1. The molecule has 0 aromatic rings. The van der Waals surface area contributed by atoms with Crippen LogP contribution >= 0.6 is 0 Å². The summed E-state index contributed by atoms with van der Waals surface area (Å²) in [6.45, 7) is 12.5. The quantitative estimate of drug-likeness (QED) is 0.256. The molecule has 0 radical (unpaired) electrons. The molecule has 0 saturated carbocycles. The van der Waals surface area contributed by atoms with Gasteiger partial charge in [0.1, 0.15) is 0 Å². The van der Waals surface area contributed by atoms with E-state index in [-0.39, 0.29) is 0 Å². The summed E-state index contributed by atoms with van der Waals surface area (Å²) in [6.07, 6.45) is 18.0. The Bertz CT molecular complexity index is 553. The van der Waals surface area contributed by atoms with E-state index in [9.17, 15) is 10.2 Å². The van der Waals surface area contributed by atoms with E-state index in [4.69, 9.17) is 0 Å². The zero-order valence-electron chi connectivity index (χ0n) is 18.5. The molecular weight excluding hydrogens is 332 g/mol. The van der Waals surface area contributed by atoms with E-state index in [1.54, 1.807) is 6.92 Å². The van der Waals surface area contributed by atoms with Crippen LogP contribution in [0, 0.1) is 0 Å². The summed E-state index contributed by atoms with van der Waals surface area (Å²) in [4.78, 5) is 0. The molecule has 0 saturated heterocycles. The number of aliphatic hydroxyl groups excluding tert-OH is 2. The van der Waals surface area contributed by atoms with Gasteiger partial charge in [-0.15, -0.1) is 0 Å². The smallest absolute Gasteiger partial charge is 0.0886 e. The Morgan fingerprint density at radius 1 is 0.667 bits per heavy atom. The van der Waals surface area contributed by atoms with Crippen LogP contribution in [-0.4, -0.2) is 16.3 Å². The number of allylic oxidation sites excluding steroid dienone is 9. The molecule has 27 heavy (non-hydrogen) atoms. The van der Waals surface area contributed by atoms with Crippen LogP contribution in [0.4, 0.5) is 0 Å². The van der Waals surface area contributed by atoms with E-state index in [2.05, 4.69) is 45.9 Å². The van der Waals surface area contributed by atoms with Crippen molar-refractivity contribution in [2.24, 2.45) is 0 Å². The minimum atomic E-state index is -0.397. The Morgan fingerprint density at radius 2 is 1.11 bits per heavy atom. The van der Waals surface area contributed by atoms with Gasteiger partial charge in [0, 0.05) is 6.42 Å². The van der Waals surface area contributed by atoms with Gasteiger partial charge in [-0.05, 0) is 92.6 Å². The zero-order chi connectivity index (χ0) is 20.7. The molecule has 0 aliphatic rings. The highest BCUT2D eigenvalue weighted by Gasteiger charge is 1.96. The van der Waals surface area contributed by atoms with Crippen molar-refractivity contribution < 1.29 is 10.2 Å². The van der Waals surface area contributed by atoms with Gasteiger partial charge < -0.3 is 10.2 Å². The molecule has 0 bridgehead atoms. The maximum absolute atomic E-state index is 9.98. The molecular formula is C25H42O2. The van der Waals surface area contributed by atoms with Crippen LogP contribution in [0.5, 0.6) is 0 Å². The first-order valence-corrected chi connectivity index (χ1v) is 10.4. The molecule has 0 amide bonds. The predicted octanol–water partition coefficient (Wildman–Crippen LogP) is 7.74. The Hall–Kier alpha value is -1.54. The SMILES string of the molecule is CC(C)=CCCC(C)=CCCC(C)=CCCC(O)=CCCC(C)=CC(C)O. The lowest BCUT2D eigenvalue weighted by molar-refractivity contribution is 0.243. The monoisotopic (exact) mass is 374 g/mol. The summed E-state index contributed by atoms with van der Waals surface area (Å²) in [5, 5.41) is 19.3. The lowest BCUT2D eigenvalue weighted by Crippen LogP contribution is -1.94. The van der Waals surface area contributed by atoms with Crippen LogP contribution in [-0.2, 0) is 0 Å². The van der Waals surface area contributed by atoms with Crippen molar-refractivity contribution in [1.82, 2.24) is 0 Å². The first-order chi connectivity index (χ1) is 12.7. The van der Waals surface area contributed by atoms with E-state index < -0.39 is 6.10 Å². The van der Waals surface area contributed by atoms with Crippen molar-refractivity contribution in [3.63, 3.8) is 0 Å². The molecule has 2 nitrogen and oxygen atoms in total. The van der Waals surface area contributed by atoms with Crippen molar-refractivity contribution in [3.8, 4) is 0 Å². The average Bonchev–Trinajstić information content (AvgIpc) is 2.53. The molecule has 0 rings (SSSR count). The molecule has 0 aliphatic heterocycles. The number of hydrogen-bond donors (Lipinski definition) is 2. The Morgan fingerprint density at radius 3 is 1.63 bits per heavy atom. The minimum Gasteiger partial charge on any atom is -0.513 e. The van der Waals surface area contributed by atoms with Crippen molar-refractivity contribution >= 4 is 0 Å². The molecule has 154 valence electrons. The van der Waals surface area contributed by atoms with Crippen molar-refractivity contribution in [1.29, 1.82) is 0 Å². The summed E-state index contributed by atoms with van der Waals surface area (Å²) in [7, 11) is 0. The van der Waals surface area contributed by atoms with Gasteiger partial charge in [-0.2, -0.15) is 0 Å². The second-order valence-electron chi connectivity index (χ2n) is 7.99. The first-order valence-electron chi connectivity index (χ1n) is 10.4. The third-order valence-electron chi connectivity index (χ3n) is 4.46. The molecule has 0 aromatic carbocycles. The lowest BCUT2D eigenvalue weighted by atomic mass is 10.1. The highest BCUT2D eigenvalue weighted by molar-refractivity contribution is 5.07. The van der Waals surface area contributed by atoms with Crippen LogP contribution in [0.3, 0.4) is 0 Å². The van der Waals surface area contributed by atoms with Gasteiger partial charge in [-0.1, -0.05) is 46.6 Å². The van der Waals surface area contributed by atoms with Crippen molar-refractivity contribution in [2.45, 2.75) is 99.0 Å². The molecule has 0 heterocycles. The Balaban J connectivity index is 4.07. The summed E-state index contributed by atoms with van der Waals surface area (Å²) in [5.74, 6) is 0.471. The molecule has 0 aromatic heterocycles. The standard InChI is InChI=1S/C25H42O2/c1-20(2)11-7-12-21(3)13-8-14-22(4)15-9-17-25(27)18-10-16-23(5)19-24(6)26/h11,13,15,18-19,24,26-27H,7-10,12,14,16-17H2,1-6H3. The zero-order valence-corrected chi connectivity index (χ0v) is 18.5. The van der Waals surface area contributed by atoms with Crippen LogP contribution in [0.25, 0.3) is 0 Å². The van der Waals surface area contributed by atoms with Gasteiger partial charge in [0.25, 0.3) is 0 Å².